The number of aliphatic carboxylic acids is 1. The van der Waals surface area contributed by atoms with Crippen molar-refractivity contribution in [1.82, 2.24) is 9.80 Å². The van der Waals surface area contributed by atoms with E-state index in [9.17, 15) is 19.1 Å². The molecule has 0 spiro atoms. The second kappa shape index (κ2) is 6.16. The molecule has 24 heavy (non-hydrogen) atoms. The van der Waals surface area contributed by atoms with Crippen LogP contribution in [0, 0.1) is 18.2 Å². The highest BCUT2D eigenvalue weighted by Gasteiger charge is 2.52. The molecule has 2 heterocycles. The molecule has 0 aliphatic carbocycles. The normalized spacial score (nSPS) is 27.6. The molecular weight excluding hydrogens is 311 g/mol. The Bertz CT molecular complexity index is 678. The molecule has 2 atom stereocenters. The molecule has 1 amide bonds. The number of piperidine rings is 2. The molecular formula is C18H23FN2O3. The van der Waals surface area contributed by atoms with Gasteiger partial charge in [0.25, 0.3) is 5.91 Å². The van der Waals surface area contributed by atoms with Crippen LogP contribution >= 0.6 is 0 Å². The summed E-state index contributed by atoms with van der Waals surface area (Å²) in [6.07, 6.45) is 1.99. The number of rotatable bonds is 2. The molecule has 0 bridgehead atoms. The van der Waals surface area contributed by atoms with E-state index in [0.717, 1.165) is 13.0 Å². The van der Waals surface area contributed by atoms with Crippen LogP contribution in [0.3, 0.4) is 0 Å². The van der Waals surface area contributed by atoms with Gasteiger partial charge in [0.15, 0.2) is 0 Å². The van der Waals surface area contributed by atoms with Crippen molar-refractivity contribution >= 4 is 11.9 Å². The van der Waals surface area contributed by atoms with Gasteiger partial charge in [-0.1, -0.05) is 0 Å². The van der Waals surface area contributed by atoms with Gasteiger partial charge in [0.2, 0.25) is 0 Å². The average Bonchev–Trinajstić information content (AvgIpc) is 2.54. The van der Waals surface area contributed by atoms with Crippen molar-refractivity contribution in [3.63, 3.8) is 0 Å². The van der Waals surface area contributed by atoms with Crippen LogP contribution in [0.15, 0.2) is 18.2 Å². The Labute approximate surface area is 141 Å². The zero-order chi connectivity index (χ0) is 17.5. The van der Waals surface area contributed by atoms with Gasteiger partial charge in [-0.3, -0.25) is 9.59 Å². The van der Waals surface area contributed by atoms with Crippen molar-refractivity contribution < 1.29 is 19.1 Å². The summed E-state index contributed by atoms with van der Waals surface area (Å²) in [6, 6.07) is 3.97. The Balaban J connectivity index is 1.85. The summed E-state index contributed by atoms with van der Waals surface area (Å²) < 4.78 is 13.3. The van der Waals surface area contributed by atoms with Gasteiger partial charge in [-0.15, -0.1) is 0 Å². The molecule has 2 saturated heterocycles. The number of amides is 1. The highest BCUT2D eigenvalue weighted by atomic mass is 19.1. The first-order valence-corrected chi connectivity index (χ1v) is 8.34. The second-order valence-corrected chi connectivity index (χ2v) is 7.02. The van der Waals surface area contributed by atoms with E-state index in [4.69, 9.17) is 0 Å². The maximum Gasteiger partial charge on any atom is 0.311 e. The topological polar surface area (TPSA) is 60.9 Å². The third kappa shape index (κ3) is 2.69. The Morgan fingerprint density at radius 2 is 2.04 bits per heavy atom. The molecule has 5 nitrogen and oxygen atoms in total. The maximum atomic E-state index is 13.3. The second-order valence-electron chi connectivity index (χ2n) is 7.02. The molecule has 0 radical (unpaired) electrons. The SMILES string of the molecule is Cc1cc(F)ccc1C(=O)N1CC[C@@]2(C(=O)O)CCCN(C)[C@@H]2C1. The number of fused-ring (bicyclic) bond motifs is 1. The largest absolute Gasteiger partial charge is 0.481 e. The van der Waals surface area contributed by atoms with E-state index in [-0.39, 0.29) is 17.8 Å². The molecule has 3 rings (SSSR count). The number of benzene rings is 1. The van der Waals surface area contributed by atoms with Gasteiger partial charge in [0, 0.05) is 24.7 Å². The predicted octanol–water partition coefficient (Wildman–Crippen LogP) is 2.15. The lowest BCUT2D eigenvalue weighted by Crippen LogP contribution is -2.63. The van der Waals surface area contributed by atoms with Crippen molar-refractivity contribution in [1.29, 1.82) is 0 Å². The molecule has 0 unspecified atom stereocenters. The smallest absolute Gasteiger partial charge is 0.311 e. The number of carboxylic acid groups (broad SMARTS) is 1. The van der Waals surface area contributed by atoms with Gasteiger partial charge >= 0.3 is 5.97 Å². The minimum atomic E-state index is -0.762. The summed E-state index contributed by atoms with van der Waals surface area (Å²) in [5.41, 5.74) is 0.325. The van der Waals surface area contributed by atoms with Crippen molar-refractivity contribution in [3.05, 3.63) is 35.1 Å². The lowest BCUT2D eigenvalue weighted by atomic mass is 9.68. The first-order chi connectivity index (χ1) is 11.3. The number of likely N-dealkylation sites (N-methyl/N-ethyl adjacent to an activating group) is 1. The molecule has 0 saturated carbocycles. The summed E-state index contributed by atoms with van der Waals surface area (Å²) in [5.74, 6) is -1.27. The molecule has 1 aromatic carbocycles. The summed E-state index contributed by atoms with van der Waals surface area (Å²) in [5, 5.41) is 9.79. The standard InChI is InChI=1S/C18H23FN2O3/c1-12-10-13(19)4-5-14(12)16(22)21-9-7-18(17(23)24)6-3-8-20(2)15(18)11-21/h4-5,10,15H,3,6-9,11H2,1-2H3,(H,23,24)/t15-,18+/m1/s1. The number of carbonyl (C=O) groups is 2. The van der Waals surface area contributed by atoms with E-state index in [1.807, 2.05) is 7.05 Å². The van der Waals surface area contributed by atoms with E-state index in [1.165, 1.54) is 18.2 Å². The highest BCUT2D eigenvalue weighted by Crippen LogP contribution is 2.42. The summed E-state index contributed by atoms with van der Waals surface area (Å²) >= 11 is 0. The first-order valence-electron chi connectivity index (χ1n) is 8.34. The zero-order valence-corrected chi connectivity index (χ0v) is 14.1. The van der Waals surface area contributed by atoms with Crippen LogP contribution in [-0.4, -0.2) is 59.5 Å². The number of carbonyl (C=O) groups excluding carboxylic acids is 1. The Morgan fingerprint density at radius 1 is 1.29 bits per heavy atom. The van der Waals surface area contributed by atoms with Gasteiger partial charge in [0.05, 0.1) is 5.41 Å². The Kier molecular flexibility index (Phi) is 4.34. The fourth-order valence-electron chi connectivity index (χ4n) is 4.21. The van der Waals surface area contributed by atoms with Crippen LogP contribution < -0.4 is 0 Å². The minimum absolute atomic E-state index is 0.148. The average molecular weight is 334 g/mol. The van der Waals surface area contributed by atoms with E-state index >= 15 is 0 Å². The van der Waals surface area contributed by atoms with Gasteiger partial charge in [-0.05, 0) is 63.5 Å². The number of aryl methyl sites for hydroxylation is 1. The molecule has 6 heteroatoms. The van der Waals surface area contributed by atoms with Crippen molar-refractivity contribution in [3.8, 4) is 0 Å². The molecule has 130 valence electrons. The van der Waals surface area contributed by atoms with E-state index in [1.54, 1.807) is 11.8 Å². The first kappa shape index (κ1) is 16.9. The summed E-state index contributed by atoms with van der Waals surface area (Å²) in [4.78, 5) is 28.5. The molecule has 2 fully saturated rings. The quantitative estimate of drug-likeness (QED) is 0.900. The monoisotopic (exact) mass is 334 g/mol. The van der Waals surface area contributed by atoms with Crippen molar-refractivity contribution in [2.75, 3.05) is 26.7 Å². The fraction of sp³-hybridized carbons (Fsp3) is 0.556. The van der Waals surface area contributed by atoms with Crippen LogP contribution in [0.2, 0.25) is 0 Å². The third-order valence-electron chi connectivity index (χ3n) is 5.66. The van der Waals surface area contributed by atoms with Gasteiger partial charge in [0.1, 0.15) is 5.82 Å². The maximum absolute atomic E-state index is 13.3. The number of hydrogen-bond donors (Lipinski definition) is 1. The summed E-state index contributed by atoms with van der Waals surface area (Å²) in [6.45, 7) is 3.39. The zero-order valence-electron chi connectivity index (χ0n) is 14.1. The molecule has 1 N–H and O–H groups in total. The number of likely N-dealkylation sites (tertiary alicyclic amines) is 2. The van der Waals surface area contributed by atoms with Gasteiger partial charge < -0.3 is 14.9 Å². The minimum Gasteiger partial charge on any atom is -0.481 e. The van der Waals surface area contributed by atoms with Gasteiger partial charge in [-0.25, -0.2) is 4.39 Å². The Hall–Kier alpha value is -1.95. The van der Waals surface area contributed by atoms with E-state index in [0.29, 0.717) is 37.1 Å². The molecule has 2 aliphatic rings. The number of nitrogens with zero attached hydrogens (tertiary/aromatic N) is 2. The molecule has 2 aliphatic heterocycles. The highest BCUT2D eigenvalue weighted by molar-refractivity contribution is 5.96. The third-order valence-corrected chi connectivity index (χ3v) is 5.66. The predicted molar refractivity (Wildman–Crippen MR) is 87.4 cm³/mol. The lowest BCUT2D eigenvalue weighted by Gasteiger charge is -2.51. The number of halogens is 1. The fourth-order valence-corrected chi connectivity index (χ4v) is 4.21. The Morgan fingerprint density at radius 3 is 2.71 bits per heavy atom. The van der Waals surface area contributed by atoms with Crippen LogP contribution in [0.1, 0.15) is 35.2 Å². The van der Waals surface area contributed by atoms with Crippen molar-refractivity contribution in [2.24, 2.45) is 5.41 Å². The van der Waals surface area contributed by atoms with E-state index in [2.05, 4.69) is 4.90 Å². The van der Waals surface area contributed by atoms with Crippen LogP contribution in [0.25, 0.3) is 0 Å². The summed E-state index contributed by atoms with van der Waals surface area (Å²) in [7, 11) is 1.93. The van der Waals surface area contributed by atoms with E-state index < -0.39 is 11.4 Å². The number of carboxylic acids is 1. The number of hydrogen-bond acceptors (Lipinski definition) is 3. The molecule has 1 aromatic rings. The molecule has 0 aromatic heterocycles. The van der Waals surface area contributed by atoms with Gasteiger partial charge in [-0.2, -0.15) is 0 Å². The van der Waals surface area contributed by atoms with Crippen molar-refractivity contribution in [2.45, 2.75) is 32.2 Å². The van der Waals surface area contributed by atoms with Crippen LogP contribution in [-0.2, 0) is 4.79 Å². The lowest BCUT2D eigenvalue weighted by molar-refractivity contribution is -0.161. The van der Waals surface area contributed by atoms with Crippen LogP contribution in [0.4, 0.5) is 4.39 Å². The van der Waals surface area contributed by atoms with Crippen LogP contribution in [0.5, 0.6) is 0 Å².